The van der Waals surface area contributed by atoms with Crippen molar-refractivity contribution in [3.05, 3.63) is 48.5 Å². The fourth-order valence-electron chi connectivity index (χ4n) is 3.09. The summed E-state index contributed by atoms with van der Waals surface area (Å²) in [4.78, 5) is 0.227. The number of hydrogen-bond acceptors (Lipinski definition) is 4. The van der Waals surface area contributed by atoms with Gasteiger partial charge in [-0.1, -0.05) is 18.2 Å². The molecular weight excluding hydrogens is 314 g/mol. The van der Waals surface area contributed by atoms with Gasteiger partial charge in [-0.2, -0.15) is 0 Å². The second kappa shape index (κ2) is 5.16. The Kier molecular flexibility index (Phi) is 3.23. The number of ether oxygens (including phenoxy) is 2. The number of anilines is 1. The van der Waals surface area contributed by atoms with E-state index in [4.69, 9.17) is 9.47 Å². The van der Waals surface area contributed by atoms with Crippen LogP contribution in [-0.2, 0) is 10.0 Å². The molecule has 1 N–H and O–H groups in total. The first-order chi connectivity index (χ1) is 11.1. The summed E-state index contributed by atoms with van der Waals surface area (Å²) in [6.45, 7) is 0. The Balaban J connectivity index is 1.58. The molecule has 0 aromatic heterocycles. The fourth-order valence-corrected chi connectivity index (χ4v) is 4.16. The highest BCUT2D eigenvalue weighted by Crippen LogP contribution is 2.47. The standard InChI is InChI=1S/C17H17NO4S/c19-23(20,14-6-2-1-3-7-14)18-13-8-9-15-16(12-13)22-17(21-15)10-4-5-11-17/h1-3,6-9,12,18H,4-5,10-11H2. The fraction of sp³-hybridized carbons (Fsp3) is 0.294. The molecule has 2 aliphatic rings. The summed E-state index contributed by atoms with van der Waals surface area (Å²) in [6.07, 6.45) is 3.91. The highest BCUT2D eigenvalue weighted by atomic mass is 32.2. The van der Waals surface area contributed by atoms with Gasteiger partial charge in [0.05, 0.1) is 10.6 Å². The topological polar surface area (TPSA) is 64.6 Å². The summed E-state index contributed by atoms with van der Waals surface area (Å²) in [6, 6.07) is 13.4. The number of rotatable bonds is 3. The van der Waals surface area contributed by atoms with Crippen LogP contribution in [0, 0.1) is 0 Å². The van der Waals surface area contributed by atoms with Crippen molar-refractivity contribution in [1.82, 2.24) is 0 Å². The average Bonchev–Trinajstić information content (AvgIpc) is 3.14. The average molecular weight is 331 g/mol. The van der Waals surface area contributed by atoms with Crippen LogP contribution < -0.4 is 14.2 Å². The van der Waals surface area contributed by atoms with Gasteiger partial charge in [-0.15, -0.1) is 0 Å². The molecular formula is C17H17NO4S. The van der Waals surface area contributed by atoms with Crippen molar-refractivity contribution in [2.75, 3.05) is 4.72 Å². The van der Waals surface area contributed by atoms with Gasteiger partial charge in [0.25, 0.3) is 15.8 Å². The van der Waals surface area contributed by atoms with Crippen LogP contribution in [-0.4, -0.2) is 14.2 Å². The smallest absolute Gasteiger partial charge is 0.261 e. The van der Waals surface area contributed by atoms with Gasteiger partial charge in [0, 0.05) is 18.9 Å². The first-order valence-corrected chi connectivity index (χ1v) is 9.15. The lowest BCUT2D eigenvalue weighted by Gasteiger charge is -2.21. The lowest BCUT2D eigenvalue weighted by Crippen LogP contribution is -2.34. The van der Waals surface area contributed by atoms with E-state index in [0.717, 1.165) is 25.7 Å². The predicted octanol–water partition coefficient (Wildman–Crippen LogP) is 3.53. The molecule has 0 saturated heterocycles. The Morgan fingerprint density at radius 2 is 1.61 bits per heavy atom. The van der Waals surface area contributed by atoms with Gasteiger partial charge in [0.2, 0.25) is 0 Å². The number of fused-ring (bicyclic) bond motifs is 1. The normalized spacial score (nSPS) is 18.3. The second-order valence-corrected chi connectivity index (χ2v) is 7.58. The largest absolute Gasteiger partial charge is 0.448 e. The minimum absolute atomic E-state index is 0.227. The molecule has 4 rings (SSSR count). The summed E-state index contributed by atoms with van der Waals surface area (Å²) in [5, 5.41) is 0. The van der Waals surface area contributed by atoms with E-state index in [1.807, 2.05) is 0 Å². The van der Waals surface area contributed by atoms with Gasteiger partial charge in [0.15, 0.2) is 11.5 Å². The molecule has 1 spiro atoms. The van der Waals surface area contributed by atoms with E-state index in [0.29, 0.717) is 17.2 Å². The van der Waals surface area contributed by atoms with E-state index >= 15 is 0 Å². The lowest BCUT2D eigenvalue weighted by atomic mass is 10.2. The third-order valence-corrected chi connectivity index (χ3v) is 5.60. The van der Waals surface area contributed by atoms with E-state index in [-0.39, 0.29) is 4.90 Å². The zero-order valence-corrected chi connectivity index (χ0v) is 13.3. The third kappa shape index (κ3) is 2.63. The van der Waals surface area contributed by atoms with Crippen LogP contribution >= 0.6 is 0 Å². The summed E-state index contributed by atoms with van der Waals surface area (Å²) >= 11 is 0. The minimum atomic E-state index is -3.60. The molecule has 0 unspecified atom stereocenters. The molecule has 23 heavy (non-hydrogen) atoms. The third-order valence-electron chi connectivity index (χ3n) is 4.21. The number of hydrogen-bond donors (Lipinski definition) is 1. The zero-order chi connectivity index (χ0) is 15.9. The van der Waals surface area contributed by atoms with Gasteiger partial charge < -0.3 is 9.47 Å². The van der Waals surface area contributed by atoms with Crippen LogP contribution in [0.15, 0.2) is 53.4 Å². The van der Waals surface area contributed by atoms with Crippen LogP contribution in [0.3, 0.4) is 0 Å². The maximum Gasteiger partial charge on any atom is 0.261 e. The van der Waals surface area contributed by atoms with Crippen molar-refractivity contribution in [2.24, 2.45) is 0 Å². The van der Waals surface area contributed by atoms with Crippen molar-refractivity contribution in [3.8, 4) is 11.5 Å². The minimum Gasteiger partial charge on any atom is -0.448 e. The molecule has 0 bridgehead atoms. The van der Waals surface area contributed by atoms with Crippen LogP contribution in [0.2, 0.25) is 0 Å². The Bertz CT molecular complexity index is 827. The Morgan fingerprint density at radius 3 is 2.35 bits per heavy atom. The SMILES string of the molecule is O=S(=O)(Nc1ccc2c(c1)OC1(CCCC1)O2)c1ccccc1. The van der Waals surface area contributed by atoms with Crippen molar-refractivity contribution < 1.29 is 17.9 Å². The summed E-state index contributed by atoms with van der Waals surface area (Å²) in [7, 11) is -3.60. The van der Waals surface area contributed by atoms with E-state index in [1.54, 1.807) is 48.5 Å². The quantitative estimate of drug-likeness (QED) is 0.934. The van der Waals surface area contributed by atoms with Gasteiger partial charge in [-0.3, -0.25) is 4.72 Å². The molecule has 5 nitrogen and oxygen atoms in total. The summed E-state index contributed by atoms with van der Waals surface area (Å²) in [5.41, 5.74) is 0.464. The van der Waals surface area contributed by atoms with Gasteiger partial charge in [0.1, 0.15) is 0 Å². The molecule has 120 valence electrons. The first-order valence-electron chi connectivity index (χ1n) is 7.66. The Morgan fingerprint density at radius 1 is 0.913 bits per heavy atom. The van der Waals surface area contributed by atoms with Gasteiger partial charge in [-0.25, -0.2) is 8.42 Å². The second-order valence-electron chi connectivity index (χ2n) is 5.90. The van der Waals surface area contributed by atoms with Crippen LogP contribution in [0.25, 0.3) is 0 Å². The molecule has 6 heteroatoms. The summed E-state index contributed by atoms with van der Waals surface area (Å²) < 4.78 is 39.2. The molecule has 0 amide bonds. The van der Waals surface area contributed by atoms with Gasteiger partial charge >= 0.3 is 0 Å². The number of benzene rings is 2. The molecule has 0 radical (unpaired) electrons. The Hall–Kier alpha value is -2.21. The Labute approximate surface area is 135 Å². The molecule has 1 fully saturated rings. The van der Waals surface area contributed by atoms with Gasteiger partial charge in [-0.05, 0) is 37.1 Å². The van der Waals surface area contributed by atoms with Crippen LogP contribution in [0.1, 0.15) is 25.7 Å². The maximum atomic E-state index is 12.4. The van der Waals surface area contributed by atoms with Crippen molar-refractivity contribution >= 4 is 15.7 Å². The monoisotopic (exact) mass is 331 g/mol. The van der Waals surface area contributed by atoms with E-state index in [2.05, 4.69) is 4.72 Å². The van der Waals surface area contributed by atoms with E-state index in [1.165, 1.54) is 0 Å². The van der Waals surface area contributed by atoms with Crippen molar-refractivity contribution in [3.63, 3.8) is 0 Å². The summed E-state index contributed by atoms with van der Waals surface area (Å²) in [5.74, 6) is 0.730. The van der Waals surface area contributed by atoms with E-state index < -0.39 is 15.8 Å². The van der Waals surface area contributed by atoms with Crippen molar-refractivity contribution in [2.45, 2.75) is 36.4 Å². The molecule has 2 aromatic rings. The lowest BCUT2D eigenvalue weighted by molar-refractivity contribution is -0.0716. The highest BCUT2D eigenvalue weighted by Gasteiger charge is 2.44. The maximum absolute atomic E-state index is 12.4. The predicted molar refractivity (Wildman–Crippen MR) is 86.1 cm³/mol. The zero-order valence-electron chi connectivity index (χ0n) is 12.5. The first kappa shape index (κ1) is 14.4. The van der Waals surface area contributed by atoms with Crippen LogP contribution in [0.4, 0.5) is 5.69 Å². The molecule has 1 aliphatic heterocycles. The molecule has 0 atom stereocenters. The molecule has 2 aromatic carbocycles. The number of sulfonamides is 1. The number of nitrogens with one attached hydrogen (secondary N) is 1. The highest BCUT2D eigenvalue weighted by molar-refractivity contribution is 7.92. The molecule has 1 heterocycles. The molecule has 1 aliphatic carbocycles. The van der Waals surface area contributed by atoms with Crippen molar-refractivity contribution in [1.29, 1.82) is 0 Å². The van der Waals surface area contributed by atoms with E-state index in [9.17, 15) is 8.42 Å². The molecule has 1 saturated carbocycles. The van der Waals surface area contributed by atoms with Crippen LogP contribution in [0.5, 0.6) is 11.5 Å².